The quantitative estimate of drug-likeness (QED) is 0.753. The van der Waals surface area contributed by atoms with E-state index in [1.54, 1.807) is 0 Å². The number of nitrogens with one attached hydrogen (secondary N) is 1. The fourth-order valence-electron chi connectivity index (χ4n) is 1.77. The predicted molar refractivity (Wildman–Crippen MR) is 74.4 cm³/mol. The number of nitrogens with zero attached hydrogens (tertiary/aromatic N) is 1. The fourth-order valence-corrected chi connectivity index (χ4v) is 1.77. The minimum Gasteiger partial charge on any atom is -0.508 e. The lowest BCUT2D eigenvalue weighted by Gasteiger charge is -2.25. The Hall–Kier alpha value is -1.75. The lowest BCUT2D eigenvalue weighted by atomic mass is 10.0. The van der Waals surface area contributed by atoms with E-state index in [1.807, 2.05) is 32.8 Å². The number of rotatable bonds is 5. The Morgan fingerprint density at radius 3 is 2.42 bits per heavy atom. The number of hydrogen-bond donors (Lipinski definition) is 3. The van der Waals surface area contributed by atoms with Gasteiger partial charge in [-0.3, -0.25) is 4.79 Å². The van der Waals surface area contributed by atoms with Crippen LogP contribution >= 0.6 is 0 Å². The molecule has 0 aliphatic carbocycles. The molecule has 5 nitrogen and oxygen atoms in total. The van der Waals surface area contributed by atoms with Crippen molar-refractivity contribution in [1.82, 2.24) is 10.2 Å². The largest absolute Gasteiger partial charge is 0.508 e. The van der Waals surface area contributed by atoms with Crippen LogP contribution in [0.1, 0.15) is 24.2 Å². The van der Waals surface area contributed by atoms with Gasteiger partial charge in [-0.1, -0.05) is 13.8 Å². The van der Waals surface area contributed by atoms with E-state index in [0.29, 0.717) is 0 Å². The van der Waals surface area contributed by atoms with E-state index in [1.165, 1.54) is 12.1 Å². The normalized spacial score (nSPS) is 12.7. The molecule has 3 N–H and O–H groups in total. The van der Waals surface area contributed by atoms with E-state index in [-0.39, 0.29) is 34.9 Å². The van der Waals surface area contributed by atoms with Gasteiger partial charge in [-0.25, -0.2) is 0 Å². The molecule has 1 amide bonds. The van der Waals surface area contributed by atoms with Crippen LogP contribution in [0.15, 0.2) is 18.2 Å². The van der Waals surface area contributed by atoms with Crippen molar-refractivity contribution in [2.24, 2.45) is 5.92 Å². The molecular formula is C14H22N2O3. The van der Waals surface area contributed by atoms with E-state index in [2.05, 4.69) is 5.32 Å². The second kappa shape index (κ2) is 6.43. The van der Waals surface area contributed by atoms with Crippen LogP contribution in [0.5, 0.6) is 11.5 Å². The average molecular weight is 266 g/mol. The summed E-state index contributed by atoms with van der Waals surface area (Å²) < 4.78 is 0. The summed E-state index contributed by atoms with van der Waals surface area (Å²) >= 11 is 0. The Morgan fingerprint density at radius 1 is 1.32 bits per heavy atom. The molecule has 0 fully saturated rings. The van der Waals surface area contributed by atoms with Gasteiger partial charge in [-0.15, -0.1) is 0 Å². The molecule has 0 radical (unpaired) electrons. The predicted octanol–water partition coefficient (Wildman–Crippen LogP) is 1.41. The van der Waals surface area contributed by atoms with Gasteiger partial charge in [0.1, 0.15) is 11.5 Å². The Balaban J connectivity index is 2.81. The van der Waals surface area contributed by atoms with Gasteiger partial charge in [0.15, 0.2) is 0 Å². The fraction of sp³-hybridized carbons (Fsp3) is 0.500. The Labute approximate surface area is 113 Å². The van der Waals surface area contributed by atoms with Crippen molar-refractivity contribution in [3.8, 4) is 11.5 Å². The molecule has 5 heteroatoms. The van der Waals surface area contributed by atoms with Crippen molar-refractivity contribution in [2.75, 3.05) is 20.6 Å². The average Bonchev–Trinajstić information content (AvgIpc) is 2.26. The molecule has 0 aliphatic rings. The maximum atomic E-state index is 12.1. The summed E-state index contributed by atoms with van der Waals surface area (Å²) in [5.41, 5.74) is 0.169. The molecule has 1 aromatic carbocycles. The van der Waals surface area contributed by atoms with Crippen LogP contribution < -0.4 is 5.32 Å². The first-order chi connectivity index (χ1) is 8.81. The number of amides is 1. The topological polar surface area (TPSA) is 72.8 Å². The number of carbonyl (C=O) groups is 1. The molecule has 0 saturated carbocycles. The monoisotopic (exact) mass is 266 g/mol. The molecule has 0 aliphatic heterocycles. The van der Waals surface area contributed by atoms with E-state index < -0.39 is 0 Å². The molecule has 19 heavy (non-hydrogen) atoms. The number of benzene rings is 1. The molecule has 1 rings (SSSR count). The van der Waals surface area contributed by atoms with Crippen LogP contribution in [0.4, 0.5) is 0 Å². The molecule has 0 bridgehead atoms. The Morgan fingerprint density at radius 2 is 1.95 bits per heavy atom. The number of carbonyl (C=O) groups excluding carboxylic acids is 1. The third kappa shape index (κ3) is 4.44. The summed E-state index contributed by atoms with van der Waals surface area (Å²) in [5, 5.41) is 21.8. The lowest BCUT2D eigenvalue weighted by molar-refractivity contribution is 0.0914. The van der Waals surface area contributed by atoms with Gasteiger partial charge in [-0.05, 0) is 32.1 Å². The van der Waals surface area contributed by atoms with Crippen LogP contribution in [-0.4, -0.2) is 47.7 Å². The smallest absolute Gasteiger partial charge is 0.255 e. The highest BCUT2D eigenvalue weighted by atomic mass is 16.3. The third-order valence-corrected chi connectivity index (χ3v) is 2.91. The van der Waals surface area contributed by atoms with Crippen LogP contribution in [0, 0.1) is 5.92 Å². The first kappa shape index (κ1) is 15.3. The minimum absolute atomic E-state index is 0.00398. The zero-order valence-corrected chi connectivity index (χ0v) is 11.8. The van der Waals surface area contributed by atoms with Gasteiger partial charge < -0.3 is 20.4 Å². The van der Waals surface area contributed by atoms with E-state index in [9.17, 15) is 15.0 Å². The van der Waals surface area contributed by atoms with Crippen molar-refractivity contribution >= 4 is 5.91 Å². The number of hydrogen-bond acceptors (Lipinski definition) is 4. The summed E-state index contributed by atoms with van der Waals surface area (Å²) in [5.74, 6) is -0.337. The van der Waals surface area contributed by atoms with Crippen LogP contribution in [0.2, 0.25) is 0 Å². The van der Waals surface area contributed by atoms with Gasteiger partial charge in [0, 0.05) is 18.7 Å². The molecule has 0 saturated heterocycles. The van der Waals surface area contributed by atoms with E-state index in [0.717, 1.165) is 12.6 Å². The lowest BCUT2D eigenvalue weighted by Crippen LogP contribution is -2.45. The Kier molecular flexibility index (Phi) is 5.18. The zero-order valence-electron chi connectivity index (χ0n) is 11.8. The first-order valence-corrected chi connectivity index (χ1v) is 6.28. The number of phenolic OH excluding ortho intramolecular Hbond substituents is 2. The van der Waals surface area contributed by atoms with Crippen molar-refractivity contribution in [1.29, 1.82) is 0 Å². The third-order valence-electron chi connectivity index (χ3n) is 2.91. The standard InChI is InChI=1S/C14H22N2O3/c1-9(2)12(8-16(3)4)15-14(19)11-6-5-10(17)7-13(11)18/h5-7,9,12,17-18H,8H2,1-4H3,(H,15,19). The number of phenols is 2. The molecule has 1 unspecified atom stereocenters. The highest BCUT2D eigenvalue weighted by Gasteiger charge is 2.19. The molecule has 0 aromatic heterocycles. The van der Waals surface area contributed by atoms with Crippen LogP contribution in [-0.2, 0) is 0 Å². The first-order valence-electron chi connectivity index (χ1n) is 6.28. The Bertz CT molecular complexity index is 444. The molecule has 106 valence electrons. The SMILES string of the molecule is CC(C)C(CN(C)C)NC(=O)c1ccc(O)cc1O. The summed E-state index contributed by atoms with van der Waals surface area (Å²) in [6.45, 7) is 4.79. The van der Waals surface area contributed by atoms with E-state index in [4.69, 9.17) is 0 Å². The number of aromatic hydroxyl groups is 2. The second-order valence-electron chi connectivity index (χ2n) is 5.29. The highest BCUT2D eigenvalue weighted by molar-refractivity contribution is 5.97. The zero-order chi connectivity index (χ0) is 14.6. The van der Waals surface area contributed by atoms with Crippen LogP contribution in [0.25, 0.3) is 0 Å². The summed E-state index contributed by atoms with van der Waals surface area (Å²) in [6, 6.07) is 3.94. The van der Waals surface area contributed by atoms with Crippen molar-refractivity contribution < 1.29 is 15.0 Å². The maximum absolute atomic E-state index is 12.1. The van der Waals surface area contributed by atoms with Gasteiger partial charge in [-0.2, -0.15) is 0 Å². The summed E-state index contributed by atoms with van der Waals surface area (Å²) in [7, 11) is 3.89. The minimum atomic E-state index is -0.335. The van der Waals surface area contributed by atoms with Crippen LogP contribution in [0.3, 0.4) is 0 Å². The molecular weight excluding hydrogens is 244 g/mol. The second-order valence-corrected chi connectivity index (χ2v) is 5.29. The van der Waals surface area contributed by atoms with Gasteiger partial charge in [0.25, 0.3) is 5.91 Å². The maximum Gasteiger partial charge on any atom is 0.255 e. The van der Waals surface area contributed by atoms with Crippen molar-refractivity contribution in [3.63, 3.8) is 0 Å². The highest BCUT2D eigenvalue weighted by Crippen LogP contribution is 2.22. The van der Waals surface area contributed by atoms with Crippen molar-refractivity contribution in [2.45, 2.75) is 19.9 Å². The van der Waals surface area contributed by atoms with Gasteiger partial charge in [0.2, 0.25) is 0 Å². The summed E-state index contributed by atoms with van der Waals surface area (Å²) in [6.07, 6.45) is 0. The summed E-state index contributed by atoms with van der Waals surface area (Å²) in [4.78, 5) is 14.1. The van der Waals surface area contributed by atoms with Crippen molar-refractivity contribution in [3.05, 3.63) is 23.8 Å². The molecule has 1 aromatic rings. The number of likely N-dealkylation sites (N-methyl/N-ethyl adjacent to an activating group) is 1. The van der Waals surface area contributed by atoms with Gasteiger partial charge in [0.05, 0.1) is 5.56 Å². The van der Waals surface area contributed by atoms with Gasteiger partial charge >= 0.3 is 0 Å². The molecule has 1 atom stereocenters. The molecule has 0 spiro atoms. The van der Waals surface area contributed by atoms with E-state index >= 15 is 0 Å². The molecule has 0 heterocycles.